The van der Waals surface area contributed by atoms with Crippen LogP contribution in [0, 0.1) is 0 Å². The van der Waals surface area contributed by atoms with E-state index in [9.17, 15) is 5.11 Å². The van der Waals surface area contributed by atoms with E-state index >= 15 is 0 Å². The van der Waals surface area contributed by atoms with Gasteiger partial charge in [-0.1, -0.05) is 0 Å². The first-order valence-corrected chi connectivity index (χ1v) is 5.25. The maximum Gasteiger partial charge on any atom is 0.224 e. The Kier molecular flexibility index (Phi) is 2.93. The van der Waals surface area contributed by atoms with Gasteiger partial charge in [-0.15, -0.1) is 0 Å². The molecule has 5 nitrogen and oxygen atoms in total. The smallest absolute Gasteiger partial charge is 0.224 e. The molecule has 1 atom stereocenters. The second-order valence-electron chi connectivity index (χ2n) is 3.59. The molecule has 0 radical (unpaired) electrons. The van der Waals surface area contributed by atoms with Crippen molar-refractivity contribution in [3.05, 3.63) is 11.5 Å². The summed E-state index contributed by atoms with van der Waals surface area (Å²) >= 11 is 5.72. The zero-order valence-electron chi connectivity index (χ0n) is 8.23. The van der Waals surface area contributed by atoms with Crippen LogP contribution in [0.15, 0.2) is 6.20 Å². The van der Waals surface area contributed by atoms with E-state index in [2.05, 4.69) is 9.97 Å². The number of rotatable bonds is 2. The van der Waals surface area contributed by atoms with Crippen LogP contribution in [-0.2, 0) is 0 Å². The molecule has 2 heterocycles. The molecule has 0 saturated carbocycles. The van der Waals surface area contributed by atoms with Crippen LogP contribution in [0.2, 0.25) is 5.28 Å². The van der Waals surface area contributed by atoms with Crippen LogP contribution in [0.4, 0.5) is 11.5 Å². The number of nitrogen functional groups attached to an aromatic ring is 1. The molecule has 0 amide bonds. The Labute approximate surface area is 92.9 Å². The minimum atomic E-state index is 0.0956. The van der Waals surface area contributed by atoms with Crippen LogP contribution >= 0.6 is 11.6 Å². The average Bonchev–Trinajstić information content (AvgIpc) is 2.69. The van der Waals surface area contributed by atoms with Gasteiger partial charge in [0.15, 0.2) is 5.82 Å². The molecule has 1 aliphatic rings. The van der Waals surface area contributed by atoms with Crippen molar-refractivity contribution in [3.63, 3.8) is 0 Å². The fourth-order valence-corrected chi connectivity index (χ4v) is 2.02. The molecule has 6 heteroatoms. The first kappa shape index (κ1) is 10.4. The lowest BCUT2D eigenvalue weighted by Crippen LogP contribution is -2.33. The van der Waals surface area contributed by atoms with Gasteiger partial charge in [0.1, 0.15) is 0 Å². The molecule has 1 fully saturated rings. The van der Waals surface area contributed by atoms with Gasteiger partial charge in [-0.05, 0) is 24.4 Å². The molecule has 0 spiro atoms. The van der Waals surface area contributed by atoms with E-state index < -0.39 is 0 Å². The molecule has 82 valence electrons. The molecule has 1 saturated heterocycles. The number of hydrogen-bond acceptors (Lipinski definition) is 5. The topological polar surface area (TPSA) is 75.3 Å². The summed E-state index contributed by atoms with van der Waals surface area (Å²) in [6.07, 6.45) is 3.49. The van der Waals surface area contributed by atoms with Crippen LogP contribution in [0.3, 0.4) is 0 Å². The fourth-order valence-electron chi connectivity index (χ4n) is 1.90. The summed E-state index contributed by atoms with van der Waals surface area (Å²) in [5, 5.41) is 9.38. The number of aliphatic hydroxyl groups excluding tert-OH is 1. The lowest BCUT2D eigenvalue weighted by atomic mass is 10.2. The molecule has 1 aliphatic heterocycles. The lowest BCUT2D eigenvalue weighted by Gasteiger charge is -2.24. The van der Waals surface area contributed by atoms with Gasteiger partial charge in [-0.25, -0.2) is 4.98 Å². The van der Waals surface area contributed by atoms with E-state index in [1.165, 1.54) is 6.20 Å². The maximum absolute atomic E-state index is 9.20. The number of hydrogen-bond donors (Lipinski definition) is 2. The first-order chi connectivity index (χ1) is 7.22. The third-order valence-electron chi connectivity index (χ3n) is 2.63. The number of halogens is 1. The van der Waals surface area contributed by atoms with Crippen LogP contribution in [0.1, 0.15) is 12.8 Å². The number of nitrogens with zero attached hydrogens (tertiary/aromatic N) is 3. The Morgan fingerprint density at radius 2 is 2.47 bits per heavy atom. The quantitative estimate of drug-likeness (QED) is 0.728. The van der Waals surface area contributed by atoms with Gasteiger partial charge in [-0.3, -0.25) is 0 Å². The van der Waals surface area contributed by atoms with Gasteiger partial charge >= 0.3 is 0 Å². The molecule has 3 N–H and O–H groups in total. The van der Waals surface area contributed by atoms with Crippen molar-refractivity contribution in [2.75, 3.05) is 23.8 Å². The minimum absolute atomic E-state index is 0.0956. The van der Waals surface area contributed by atoms with Crippen molar-refractivity contribution < 1.29 is 5.11 Å². The van der Waals surface area contributed by atoms with Crippen LogP contribution in [-0.4, -0.2) is 34.3 Å². The Morgan fingerprint density at radius 1 is 1.67 bits per heavy atom. The molecule has 1 aromatic rings. The van der Waals surface area contributed by atoms with E-state index in [1.807, 2.05) is 4.90 Å². The average molecular weight is 229 g/mol. The molecule has 0 aliphatic carbocycles. The van der Waals surface area contributed by atoms with Gasteiger partial charge in [0.2, 0.25) is 5.28 Å². The Morgan fingerprint density at radius 3 is 3.20 bits per heavy atom. The maximum atomic E-state index is 9.20. The third kappa shape index (κ3) is 1.98. The Hall–Kier alpha value is -1.07. The number of aliphatic hydroxyl groups is 1. The summed E-state index contributed by atoms with van der Waals surface area (Å²) in [6.45, 7) is 0.962. The summed E-state index contributed by atoms with van der Waals surface area (Å²) in [5.41, 5.74) is 6.28. The summed E-state index contributed by atoms with van der Waals surface area (Å²) in [6, 6.07) is 0.0956. The minimum Gasteiger partial charge on any atom is -0.394 e. The second kappa shape index (κ2) is 4.20. The van der Waals surface area contributed by atoms with E-state index in [0.29, 0.717) is 11.5 Å². The molecular weight excluding hydrogens is 216 g/mol. The van der Waals surface area contributed by atoms with Gasteiger partial charge in [0.25, 0.3) is 0 Å². The zero-order valence-corrected chi connectivity index (χ0v) is 8.98. The van der Waals surface area contributed by atoms with Gasteiger partial charge in [0, 0.05) is 6.54 Å². The predicted molar refractivity (Wildman–Crippen MR) is 58.9 cm³/mol. The van der Waals surface area contributed by atoms with E-state index in [4.69, 9.17) is 17.3 Å². The van der Waals surface area contributed by atoms with Crippen LogP contribution in [0.25, 0.3) is 0 Å². The van der Waals surface area contributed by atoms with Crippen molar-refractivity contribution in [2.45, 2.75) is 18.9 Å². The monoisotopic (exact) mass is 228 g/mol. The zero-order chi connectivity index (χ0) is 10.8. The van der Waals surface area contributed by atoms with Crippen molar-refractivity contribution in [1.82, 2.24) is 9.97 Å². The summed E-state index contributed by atoms with van der Waals surface area (Å²) in [7, 11) is 0. The molecule has 2 rings (SSSR count). The number of anilines is 2. The largest absolute Gasteiger partial charge is 0.394 e. The van der Waals surface area contributed by atoms with Gasteiger partial charge in [-0.2, -0.15) is 4.98 Å². The lowest BCUT2D eigenvalue weighted by molar-refractivity contribution is 0.266. The summed E-state index contributed by atoms with van der Waals surface area (Å²) in [5.74, 6) is 0.631. The van der Waals surface area contributed by atoms with Crippen LogP contribution in [0.5, 0.6) is 0 Å². The first-order valence-electron chi connectivity index (χ1n) is 4.88. The molecule has 15 heavy (non-hydrogen) atoms. The number of nitrogens with two attached hydrogens (primary N) is 1. The summed E-state index contributed by atoms with van der Waals surface area (Å²) < 4.78 is 0. The second-order valence-corrected chi connectivity index (χ2v) is 3.93. The summed E-state index contributed by atoms with van der Waals surface area (Å²) in [4.78, 5) is 9.89. The van der Waals surface area contributed by atoms with Crippen molar-refractivity contribution in [2.24, 2.45) is 0 Å². The normalized spacial score (nSPS) is 20.9. The van der Waals surface area contributed by atoms with Crippen molar-refractivity contribution in [3.8, 4) is 0 Å². The molecule has 1 unspecified atom stereocenters. The number of aromatic nitrogens is 2. The molecule has 0 bridgehead atoms. The van der Waals surface area contributed by atoms with Gasteiger partial charge < -0.3 is 15.7 Å². The SMILES string of the molecule is Nc1cnc(Cl)nc1N1CCCC1CO. The standard InChI is InChI=1S/C9H13ClN4O/c10-9-12-4-7(11)8(13-9)14-3-1-2-6(14)5-15/h4,6,15H,1-3,5,11H2. The van der Waals surface area contributed by atoms with Crippen LogP contribution < -0.4 is 10.6 Å². The highest BCUT2D eigenvalue weighted by Gasteiger charge is 2.26. The highest BCUT2D eigenvalue weighted by Crippen LogP contribution is 2.28. The van der Waals surface area contributed by atoms with Crippen molar-refractivity contribution >= 4 is 23.1 Å². The van der Waals surface area contributed by atoms with E-state index in [-0.39, 0.29) is 17.9 Å². The highest BCUT2D eigenvalue weighted by atomic mass is 35.5. The van der Waals surface area contributed by atoms with Gasteiger partial charge in [0.05, 0.1) is 24.5 Å². The fraction of sp³-hybridized carbons (Fsp3) is 0.556. The van der Waals surface area contributed by atoms with E-state index in [1.54, 1.807) is 0 Å². The molecule has 1 aromatic heterocycles. The Balaban J connectivity index is 2.31. The van der Waals surface area contributed by atoms with E-state index in [0.717, 1.165) is 19.4 Å². The molecule has 0 aromatic carbocycles. The van der Waals surface area contributed by atoms with Crippen molar-refractivity contribution in [1.29, 1.82) is 0 Å². The third-order valence-corrected chi connectivity index (χ3v) is 2.81. The highest BCUT2D eigenvalue weighted by molar-refractivity contribution is 6.28. The Bertz CT molecular complexity index is 360. The predicted octanol–water partition coefficient (Wildman–Crippen LogP) is 0.673. The molecular formula is C9H13ClN4O.